The van der Waals surface area contributed by atoms with Gasteiger partial charge in [0.1, 0.15) is 11.6 Å². The highest BCUT2D eigenvalue weighted by Gasteiger charge is 2.06. The molecule has 0 bridgehead atoms. The van der Waals surface area contributed by atoms with Crippen LogP contribution in [0.15, 0.2) is 36.7 Å². The topological polar surface area (TPSA) is 71.5 Å². The minimum absolute atomic E-state index is 0.109. The first-order valence-electron chi connectivity index (χ1n) is 7.25. The fourth-order valence-corrected chi connectivity index (χ4v) is 2.12. The van der Waals surface area contributed by atoms with Gasteiger partial charge in [-0.05, 0) is 35.7 Å². The summed E-state index contributed by atoms with van der Waals surface area (Å²) in [5.41, 5.74) is 1.88. The van der Waals surface area contributed by atoms with E-state index in [0.717, 1.165) is 11.1 Å². The van der Waals surface area contributed by atoms with Crippen LogP contribution < -0.4 is 10.1 Å². The van der Waals surface area contributed by atoms with Crippen molar-refractivity contribution in [2.45, 2.75) is 26.0 Å². The van der Waals surface area contributed by atoms with Gasteiger partial charge in [0, 0.05) is 24.7 Å². The van der Waals surface area contributed by atoms with Crippen molar-refractivity contribution in [1.82, 2.24) is 10.3 Å². The van der Waals surface area contributed by atoms with Crippen LogP contribution in [0.3, 0.4) is 0 Å². The van der Waals surface area contributed by atoms with E-state index in [-0.39, 0.29) is 18.1 Å². The number of hydrogen-bond acceptors (Lipinski definition) is 4. The average molecular weight is 318 g/mol. The number of halogens is 1. The van der Waals surface area contributed by atoms with Gasteiger partial charge in [-0.25, -0.2) is 4.39 Å². The molecule has 0 saturated heterocycles. The second kappa shape index (κ2) is 8.24. The van der Waals surface area contributed by atoms with Gasteiger partial charge in [-0.3, -0.25) is 9.78 Å². The summed E-state index contributed by atoms with van der Waals surface area (Å²) < 4.78 is 18.4. The van der Waals surface area contributed by atoms with Crippen LogP contribution in [0.1, 0.15) is 23.1 Å². The lowest BCUT2D eigenvalue weighted by Crippen LogP contribution is -2.23. The van der Waals surface area contributed by atoms with E-state index in [1.807, 2.05) is 6.07 Å². The van der Waals surface area contributed by atoms with Gasteiger partial charge in [0.2, 0.25) is 5.91 Å². The number of nitrogens with one attached hydrogen (secondary N) is 1. The van der Waals surface area contributed by atoms with E-state index < -0.39 is 5.82 Å². The fourth-order valence-electron chi connectivity index (χ4n) is 2.12. The van der Waals surface area contributed by atoms with Gasteiger partial charge in [-0.1, -0.05) is 6.07 Å². The zero-order chi connectivity index (χ0) is 16.7. The molecule has 0 unspecified atom stereocenters. The molecule has 2 rings (SSSR count). The maximum Gasteiger partial charge on any atom is 0.220 e. The molecule has 0 radical (unpaired) electrons. The minimum Gasteiger partial charge on any atom is -0.495 e. The van der Waals surface area contributed by atoms with Gasteiger partial charge in [-0.2, -0.15) is 0 Å². The molecule has 122 valence electrons. The molecule has 5 nitrogen and oxygen atoms in total. The van der Waals surface area contributed by atoms with Crippen LogP contribution in [0.2, 0.25) is 0 Å². The Morgan fingerprint density at radius 1 is 1.30 bits per heavy atom. The summed E-state index contributed by atoms with van der Waals surface area (Å²) in [5.74, 6) is 0.0987. The normalized spacial score (nSPS) is 10.4. The number of rotatable bonds is 7. The summed E-state index contributed by atoms with van der Waals surface area (Å²) in [5, 5.41) is 11.8. The Balaban J connectivity index is 1.83. The number of carbonyl (C=O) groups is 1. The van der Waals surface area contributed by atoms with Crippen LogP contribution in [0.25, 0.3) is 0 Å². The Morgan fingerprint density at radius 2 is 2.13 bits per heavy atom. The highest BCUT2D eigenvalue weighted by Crippen LogP contribution is 2.12. The maximum atomic E-state index is 13.3. The second-order valence-corrected chi connectivity index (χ2v) is 5.09. The molecule has 0 saturated carbocycles. The van der Waals surface area contributed by atoms with E-state index in [0.29, 0.717) is 25.1 Å². The van der Waals surface area contributed by atoms with Gasteiger partial charge in [0.05, 0.1) is 19.9 Å². The van der Waals surface area contributed by atoms with Crippen LogP contribution in [0, 0.1) is 5.82 Å². The minimum atomic E-state index is -0.451. The number of aryl methyl sites for hydroxylation is 1. The van der Waals surface area contributed by atoms with E-state index in [9.17, 15) is 9.18 Å². The maximum absolute atomic E-state index is 13.3. The highest BCUT2D eigenvalue weighted by molar-refractivity contribution is 5.76. The van der Waals surface area contributed by atoms with Crippen LogP contribution in [-0.4, -0.2) is 23.1 Å². The van der Waals surface area contributed by atoms with E-state index >= 15 is 0 Å². The van der Waals surface area contributed by atoms with Crippen LogP contribution in [-0.2, 0) is 24.4 Å². The second-order valence-electron chi connectivity index (χ2n) is 5.09. The average Bonchev–Trinajstić information content (AvgIpc) is 2.59. The van der Waals surface area contributed by atoms with Crippen molar-refractivity contribution in [2.75, 3.05) is 7.11 Å². The molecule has 23 heavy (non-hydrogen) atoms. The largest absolute Gasteiger partial charge is 0.495 e. The molecule has 0 fully saturated rings. The summed E-state index contributed by atoms with van der Waals surface area (Å²) in [4.78, 5) is 15.9. The van der Waals surface area contributed by atoms with Crippen molar-refractivity contribution in [1.29, 1.82) is 0 Å². The first-order valence-corrected chi connectivity index (χ1v) is 7.25. The molecular formula is C17H19FN2O3. The number of nitrogens with zero attached hydrogens (tertiary/aromatic N) is 1. The van der Waals surface area contributed by atoms with Crippen molar-refractivity contribution in [3.63, 3.8) is 0 Å². The summed E-state index contributed by atoms with van der Waals surface area (Å²) >= 11 is 0. The van der Waals surface area contributed by atoms with Crippen LogP contribution in [0.5, 0.6) is 5.75 Å². The zero-order valence-electron chi connectivity index (χ0n) is 12.9. The number of aromatic nitrogens is 1. The molecule has 2 N–H and O–H groups in total. The molecule has 2 aromatic rings. The highest BCUT2D eigenvalue weighted by atomic mass is 19.1. The van der Waals surface area contributed by atoms with Crippen LogP contribution in [0.4, 0.5) is 4.39 Å². The number of methoxy groups -OCH3 is 1. The molecule has 0 aliphatic rings. The summed E-state index contributed by atoms with van der Waals surface area (Å²) in [7, 11) is 1.57. The number of aliphatic hydroxyl groups excluding tert-OH is 1. The Labute approximate surface area is 134 Å². The number of hydrogen-bond donors (Lipinski definition) is 2. The number of carbonyl (C=O) groups excluding carboxylic acids is 1. The number of ether oxygens (including phenoxy) is 1. The van der Waals surface area contributed by atoms with Crippen molar-refractivity contribution >= 4 is 5.91 Å². The molecule has 0 aliphatic heterocycles. The molecule has 1 aromatic carbocycles. The van der Waals surface area contributed by atoms with Gasteiger partial charge in [-0.15, -0.1) is 0 Å². The zero-order valence-corrected chi connectivity index (χ0v) is 12.9. The standard InChI is InChI=1S/C17H19FN2O3/c1-23-15-7-13(8-19-10-15)3-5-17(22)20-9-12-2-4-16(18)14(6-12)11-21/h2,4,6-8,10,21H,3,5,9,11H2,1H3,(H,20,22). The number of amides is 1. The van der Waals surface area contributed by atoms with E-state index in [4.69, 9.17) is 9.84 Å². The summed E-state index contributed by atoms with van der Waals surface area (Å²) in [6.07, 6.45) is 4.18. The third kappa shape index (κ3) is 5.03. The molecule has 1 aromatic heterocycles. The van der Waals surface area contributed by atoms with Gasteiger partial charge in [0.25, 0.3) is 0 Å². The van der Waals surface area contributed by atoms with E-state index in [2.05, 4.69) is 10.3 Å². The first-order chi connectivity index (χ1) is 11.1. The molecule has 6 heteroatoms. The smallest absolute Gasteiger partial charge is 0.220 e. The van der Waals surface area contributed by atoms with E-state index in [1.165, 1.54) is 6.07 Å². The predicted octanol–water partition coefficient (Wildman–Crippen LogP) is 1.97. The lowest BCUT2D eigenvalue weighted by atomic mass is 10.1. The predicted molar refractivity (Wildman–Crippen MR) is 83.3 cm³/mol. The molecule has 0 atom stereocenters. The Bertz CT molecular complexity index is 677. The number of benzene rings is 1. The fraction of sp³-hybridized carbons (Fsp3) is 0.294. The Hall–Kier alpha value is -2.47. The third-order valence-electron chi connectivity index (χ3n) is 3.42. The molecule has 1 amide bonds. The van der Waals surface area contributed by atoms with Crippen LogP contribution >= 0.6 is 0 Å². The van der Waals surface area contributed by atoms with E-state index in [1.54, 1.807) is 31.6 Å². The Kier molecular flexibility index (Phi) is 6.05. The SMILES string of the molecule is COc1cncc(CCC(=O)NCc2ccc(F)c(CO)c2)c1. The van der Waals surface area contributed by atoms with Gasteiger partial charge < -0.3 is 15.2 Å². The quantitative estimate of drug-likeness (QED) is 0.819. The lowest BCUT2D eigenvalue weighted by molar-refractivity contribution is -0.121. The third-order valence-corrected chi connectivity index (χ3v) is 3.42. The number of aliphatic hydroxyl groups is 1. The molecule has 0 aliphatic carbocycles. The van der Waals surface area contributed by atoms with Crippen molar-refractivity contribution in [3.05, 3.63) is 59.2 Å². The summed E-state index contributed by atoms with van der Waals surface area (Å²) in [6, 6.07) is 6.26. The summed E-state index contributed by atoms with van der Waals surface area (Å²) in [6.45, 7) is -0.0705. The first kappa shape index (κ1) is 16.9. The van der Waals surface area contributed by atoms with Crippen molar-refractivity contribution in [2.24, 2.45) is 0 Å². The molecule has 0 spiro atoms. The molecular weight excluding hydrogens is 299 g/mol. The van der Waals surface area contributed by atoms with Crippen molar-refractivity contribution < 1.29 is 19.0 Å². The lowest BCUT2D eigenvalue weighted by Gasteiger charge is -2.08. The Morgan fingerprint density at radius 3 is 2.87 bits per heavy atom. The van der Waals surface area contributed by atoms with Crippen molar-refractivity contribution in [3.8, 4) is 5.75 Å². The van der Waals surface area contributed by atoms with Gasteiger partial charge in [0.15, 0.2) is 0 Å². The molecule has 1 heterocycles. The van der Waals surface area contributed by atoms with Gasteiger partial charge >= 0.3 is 0 Å². The monoisotopic (exact) mass is 318 g/mol. The number of pyridine rings is 1.